The lowest BCUT2D eigenvalue weighted by Gasteiger charge is -2.24. The smallest absolute Gasteiger partial charge is 0.134 e. The van der Waals surface area contributed by atoms with Gasteiger partial charge in [0.1, 0.15) is 21.9 Å². The van der Waals surface area contributed by atoms with Crippen molar-refractivity contribution in [2.45, 2.75) is 20.3 Å². The molecule has 0 aliphatic carbocycles. The molecule has 0 fully saturated rings. The van der Waals surface area contributed by atoms with Crippen LogP contribution in [0.1, 0.15) is 19.4 Å². The van der Waals surface area contributed by atoms with Gasteiger partial charge in [0.15, 0.2) is 0 Å². The number of aromatic nitrogens is 1. The molecule has 2 nitrogen and oxygen atoms in total. The maximum absolute atomic E-state index is 14.1. The second kappa shape index (κ2) is 6.49. The number of rotatable bonds is 4. The zero-order valence-corrected chi connectivity index (χ0v) is 13.6. The maximum atomic E-state index is 14.1. The Morgan fingerprint density at radius 1 is 1.14 bits per heavy atom. The van der Waals surface area contributed by atoms with Crippen LogP contribution >= 0.6 is 23.2 Å². The van der Waals surface area contributed by atoms with E-state index in [1.165, 1.54) is 18.2 Å². The fraction of sp³-hybridized carbons (Fsp3) is 0.312. The van der Waals surface area contributed by atoms with Gasteiger partial charge < -0.3 is 5.11 Å². The quantitative estimate of drug-likeness (QED) is 0.800. The molecule has 0 aliphatic rings. The highest BCUT2D eigenvalue weighted by molar-refractivity contribution is 6.33. The number of aliphatic hydroxyl groups is 1. The Labute approximate surface area is 137 Å². The Balaban J connectivity index is 2.63. The summed E-state index contributed by atoms with van der Waals surface area (Å²) in [5.74, 6) is -1.37. The van der Waals surface area contributed by atoms with E-state index < -0.39 is 17.0 Å². The van der Waals surface area contributed by atoms with Gasteiger partial charge in [-0.25, -0.2) is 13.8 Å². The summed E-state index contributed by atoms with van der Waals surface area (Å²) >= 11 is 12.1. The van der Waals surface area contributed by atoms with Gasteiger partial charge in [-0.3, -0.25) is 0 Å². The first kappa shape index (κ1) is 17.1. The summed E-state index contributed by atoms with van der Waals surface area (Å²) in [6.07, 6.45) is 0.374. The molecule has 2 rings (SSSR count). The molecule has 2 aromatic rings. The number of pyridine rings is 1. The van der Waals surface area contributed by atoms with Crippen molar-refractivity contribution < 1.29 is 13.9 Å². The Hall–Kier alpha value is -1.23. The van der Waals surface area contributed by atoms with E-state index in [9.17, 15) is 13.9 Å². The van der Waals surface area contributed by atoms with Gasteiger partial charge in [0.25, 0.3) is 0 Å². The molecule has 1 aromatic carbocycles. The molecule has 0 unspecified atom stereocenters. The monoisotopic (exact) mass is 345 g/mol. The topological polar surface area (TPSA) is 33.1 Å². The molecule has 6 heteroatoms. The fourth-order valence-electron chi connectivity index (χ4n) is 2.16. The predicted octanol–water partition coefficient (Wildman–Crippen LogP) is 4.89. The highest BCUT2D eigenvalue weighted by Gasteiger charge is 2.23. The van der Waals surface area contributed by atoms with Gasteiger partial charge in [-0.1, -0.05) is 37.0 Å². The fourth-order valence-corrected chi connectivity index (χ4v) is 2.66. The third kappa shape index (κ3) is 3.75. The number of halogens is 4. The standard InChI is InChI=1S/C16H15Cl2F2NO/c1-16(2,8-22)7-12-11(6-14(17)21-15(12)18)10-4-3-9(19)5-13(10)20/h3-6,22H,7-8H2,1-2H3. The molecule has 0 saturated carbocycles. The maximum Gasteiger partial charge on any atom is 0.134 e. The lowest BCUT2D eigenvalue weighted by atomic mass is 9.84. The minimum absolute atomic E-state index is 0.0721. The van der Waals surface area contributed by atoms with Crippen molar-refractivity contribution in [2.24, 2.45) is 5.41 Å². The first-order chi connectivity index (χ1) is 10.2. The van der Waals surface area contributed by atoms with Crippen LogP contribution in [-0.2, 0) is 6.42 Å². The van der Waals surface area contributed by atoms with Crippen molar-refractivity contribution in [3.8, 4) is 11.1 Å². The van der Waals surface area contributed by atoms with Crippen molar-refractivity contribution in [3.63, 3.8) is 0 Å². The minimum Gasteiger partial charge on any atom is -0.396 e. The Bertz CT molecular complexity index is 705. The van der Waals surface area contributed by atoms with Crippen LogP contribution in [0.3, 0.4) is 0 Å². The predicted molar refractivity (Wildman–Crippen MR) is 84.2 cm³/mol. The van der Waals surface area contributed by atoms with Crippen LogP contribution in [0.2, 0.25) is 10.3 Å². The van der Waals surface area contributed by atoms with E-state index in [2.05, 4.69) is 4.98 Å². The van der Waals surface area contributed by atoms with Crippen molar-refractivity contribution in [3.05, 3.63) is 51.8 Å². The summed E-state index contributed by atoms with van der Waals surface area (Å²) in [5.41, 5.74) is 0.737. The number of aliphatic hydroxyl groups excluding tert-OH is 1. The summed E-state index contributed by atoms with van der Waals surface area (Å²) in [4.78, 5) is 3.98. The van der Waals surface area contributed by atoms with E-state index in [0.29, 0.717) is 17.5 Å². The highest BCUT2D eigenvalue weighted by Crippen LogP contribution is 2.36. The SMILES string of the molecule is CC(C)(CO)Cc1c(-c2ccc(F)cc2F)cc(Cl)nc1Cl. The van der Waals surface area contributed by atoms with Crippen molar-refractivity contribution in [2.75, 3.05) is 6.61 Å². The molecular weight excluding hydrogens is 331 g/mol. The van der Waals surface area contributed by atoms with Crippen LogP contribution in [0.5, 0.6) is 0 Å². The number of nitrogens with zero attached hydrogens (tertiary/aromatic N) is 1. The third-order valence-electron chi connectivity index (χ3n) is 3.35. The molecule has 0 bridgehead atoms. The largest absolute Gasteiger partial charge is 0.396 e. The van der Waals surface area contributed by atoms with Gasteiger partial charge in [0.2, 0.25) is 0 Å². The van der Waals surface area contributed by atoms with Crippen LogP contribution in [0.15, 0.2) is 24.3 Å². The van der Waals surface area contributed by atoms with Gasteiger partial charge >= 0.3 is 0 Å². The van der Waals surface area contributed by atoms with E-state index in [1.807, 2.05) is 13.8 Å². The molecule has 0 atom stereocenters. The molecule has 1 heterocycles. The van der Waals surface area contributed by atoms with E-state index >= 15 is 0 Å². The second-order valence-electron chi connectivity index (χ2n) is 5.89. The molecule has 22 heavy (non-hydrogen) atoms. The summed E-state index contributed by atoms with van der Waals surface area (Å²) in [6, 6.07) is 4.80. The third-order valence-corrected chi connectivity index (χ3v) is 3.85. The van der Waals surface area contributed by atoms with Gasteiger partial charge in [0.05, 0.1) is 0 Å². The van der Waals surface area contributed by atoms with Crippen LogP contribution in [0.4, 0.5) is 8.78 Å². The molecule has 1 N–H and O–H groups in total. The molecule has 0 aliphatic heterocycles. The van der Waals surface area contributed by atoms with E-state index in [-0.39, 0.29) is 22.5 Å². The average molecular weight is 346 g/mol. The van der Waals surface area contributed by atoms with Gasteiger partial charge in [-0.15, -0.1) is 0 Å². The summed E-state index contributed by atoms with van der Waals surface area (Å²) in [5, 5.41) is 9.71. The molecule has 118 valence electrons. The van der Waals surface area contributed by atoms with Crippen molar-refractivity contribution in [1.82, 2.24) is 4.98 Å². The number of hydrogen-bond donors (Lipinski definition) is 1. The summed E-state index contributed by atoms with van der Waals surface area (Å²) in [7, 11) is 0. The van der Waals surface area contributed by atoms with Crippen LogP contribution in [0, 0.1) is 17.0 Å². The minimum atomic E-state index is -0.707. The van der Waals surface area contributed by atoms with E-state index in [1.54, 1.807) is 0 Å². The highest BCUT2D eigenvalue weighted by atomic mass is 35.5. The zero-order valence-electron chi connectivity index (χ0n) is 12.1. The Morgan fingerprint density at radius 3 is 2.41 bits per heavy atom. The van der Waals surface area contributed by atoms with Gasteiger partial charge in [0, 0.05) is 18.2 Å². The normalized spacial score (nSPS) is 11.8. The van der Waals surface area contributed by atoms with Gasteiger partial charge in [-0.2, -0.15) is 0 Å². The summed E-state index contributed by atoms with van der Waals surface area (Å²) < 4.78 is 27.2. The lowest BCUT2D eigenvalue weighted by Crippen LogP contribution is -2.20. The zero-order chi connectivity index (χ0) is 16.5. The van der Waals surface area contributed by atoms with Crippen molar-refractivity contribution in [1.29, 1.82) is 0 Å². The Morgan fingerprint density at radius 2 is 1.82 bits per heavy atom. The van der Waals surface area contributed by atoms with Gasteiger partial charge in [-0.05, 0) is 41.2 Å². The number of hydrogen-bond acceptors (Lipinski definition) is 2. The molecule has 1 aromatic heterocycles. The lowest BCUT2D eigenvalue weighted by molar-refractivity contribution is 0.160. The first-order valence-corrected chi connectivity index (χ1v) is 7.40. The van der Waals surface area contributed by atoms with E-state index in [0.717, 1.165) is 6.07 Å². The number of benzene rings is 1. The van der Waals surface area contributed by atoms with E-state index in [4.69, 9.17) is 23.2 Å². The molecular formula is C16H15Cl2F2NO. The molecule has 0 saturated heterocycles. The molecule has 0 amide bonds. The van der Waals surface area contributed by atoms with Crippen LogP contribution in [0.25, 0.3) is 11.1 Å². The Kier molecular flexibility index (Phi) is 5.05. The summed E-state index contributed by atoms with van der Waals surface area (Å²) in [6.45, 7) is 3.63. The second-order valence-corrected chi connectivity index (χ2v) is 6.63. The van der Waals surface area contributed by atoms with Crippen molar-refractivity contribution >= 4 is 23.2 Å². The van der Waals surface area contributed by atoms with Crippen LogP contribution in [-0.4, -0.2) is 16.7 Å². The average Bonchev–Trinajstić information content (AvgIpc) is 2.42. The van der Waals surface area contributed by atoms with Crippen LogP contribution < -0.4 is 0 Å². The molecule has 0 radical (unpaired) electrons. The molecule has 0 spiro atoms. The first-order valence-electron chi connectivity index (χ1n) is 6.65.